The van der Waals surface area contributed by atoms with Gasteiger partial charge in [-0.25, -0.2) is 9.98 Å². The summed E-state index contributed by atoms with van der Waals surface area (Å²) < 4.78 is 0. The van der Waals surface area contributed by atoms with Gasteiger partial charge in [-0.05, 0) is 65.4 Å². The fraction of sp³-hybridized carbons (Fsp3) is 0.0625. The van der Waals surface area contributed by atoms with Crippen molar-refractivity contribution >= 4 is 11.4 Å². The zero-order valence-corrected chi connectivity index (χ0v) is 19.1. The molecule has 2 heteroatoms. The Bertz CT molecular complexity index is 1850. The quantitative estimate of drug-likeness (QED) is 0.277. The Morgan fingerprint density at radius 1 is 0.412 bits per heavy atom. The highest BCUT2D eigenvalue weighted by atomic mass is 14.8. The van der Waals surface area contributed by atoms with Crippen molar-refractivity contribution in [2.45, 2.75) is 13.8 Å². The van der Waals surface area contributed by atoms with E-state index in [2.05, 4.69) is 111 Å². The predicted octanol–water partition coefficient (Wildman–Crippen LogP) is 7.12. The van der Waals surface area contributed by atoms with Gasteiger partial charge in [0, 0.05) is 21.6 Å². The highest BCUT2D eigenvalue weighted by Crippen LogP contribution is 2.52. The fourth-order valence-electron chi connectivity index (χ4n) is 5.52. The molecule has 0 N–H and O–H groups in total. The summed E-state index contributed by atoms with van der Waals surface area (Å²) in [6, 6.07) is 34.2. The Morgan fingerprint density at radius 3 is 1.76 bits per heavy atom. The second-order valence-corrected chi connectivity index (χ2v) is 9.05. The van der Waals surface area contributed by atoms with E-state index in [1.165, 1.54) is 49.4 Å². The van der Waals surface area contributed by atoms with Gasteiger partial charge in [0.15, 0.2) is 0 Å². The smallest absolute Gasteiger partial charge is 0.0817 e. The zero-order valence-electron chi connectivity index (χ0n) is 19.1. The van der Waals surface area contributed by atoms with Crippen LogP contribution in [0.5, 0.6) is 0 Å². The molecule has 0 unspecified atom stereocenters. The molecule has 2 heterocycles. The molecule has 0 aliphatic carbocycles. The molecule has 0 spiro atoms. The van der Waals surface area contributed by atoms with E-state index in [0.29, 0.717) is 0 Å². The van der Waals surface area contributed by atoms with Crippen LogP contribution in [-0.2, 0) is 0 Å². The van der Waals surface area contributed by atoms with Gasteiger partial charge in [0.2, 0.25) is 0 Å². The zero-order chi connectivity index (χ0) is 22.8. The molecule has 0 bridgehead atoms. The van der Waals surface area contributed by atoms with Gasteiger partial charge in [0.1, 0.15) is 0 Å². The van der Waals surface area contributed by atoms with Gasteiger partial charge in [0.25, 0.3) is 0 Å². The Kier molecular flexibility index (Phi) is 4.01. The van der Waals surface area contributed by atoms with Crippen LogP contribution in [-0.4, -0.2) is 0 Å². The van der Waals surface area contributed by atoms with Crippen molar-refractivity contribution in [3.05, 3.63) is 129 Å². The van der Waals surface area contributed by atoms with Crippen LogP contribution in [0.1, 0.15) is 11.1 Å². The number of nitrogens with zero attached hydrogens (tertiary/aromatic N) is 2. The summed E-state index contributed by atoms with van der Waals surface area (Å²) in [5.41, 5.74) is 11.9. The van der Waals surface area contributed by atoms with Crippen molar-refractivity contribution in [2.24, 2.45) is 9.98 Å². The summed E-state index contributed by atoms with van der Waals surface area (Å²) in [6.07, 6.45) is 0. The normalized spacial score (nSPS) is 12.3. The van der Waals surface area contributed by atoms with Gasteiger partial charge in [-0.3, -0.25) is 0 Å². The molecule has 0 atom stereocenters. The van der Waals surface area contributed by atoms with Gasteiger partial charge < -0.3 is 0 Å². The summed E-state index contributed by atoms with van der Waals surface area (Å²) in [6.45, 7) is 4.43. The van der Waals surface area contributed by atoms with E-state index < -0.39 is 0 Å². The lowest BCUT2D eigenvalue weighted by molar-refractivity contribution is 1.30. The Morgan fingerprint density at radius 2 is 1.03 bits per heavy atom. The van der Waals surface area contributed by atoms with E-state index in [0.717, 1.165) is 27.7 Å². The van der Waals surface area contributed by atoms with E-state index in [4.69, 9.17) is 9.98 Å². The van der Waals surface area contributed by atoms with Crippen LogP contribution in [0.25, 0.3) is 33.4 Å². The lowest BCUT2D eigenvalue weighted by Crippen LogP contribution is -2.02. The largest absolute Gasteiger partial charge is 0.247 e. The second kappa shape index (κ2) is 7.10. The minimum atomic E-state index is 1.01. The second-order valence-electron chi connectivity index (χ2n) is 9.05. The summed E-state index contributed by atoms with van der Waals surface area (Å²) in [4.78, 5) is 10.3. The minimum absolute atomic E-state index is 1.01. The Balaban J connectivity index is 1.69. The van der Waals surface area contributed by atoms with Crippen molar-refractivity contribution in [1.29, 1.82) is 0 Å². The highest BCUT2D eigenvalue weighted by molar-refractivity contribution is 6.05. The van der Waals surface area contributed by atoms with E-state index in [9.17, 15) is 0 Å². The number of fused-ring (bicyclic) bond motifs is 6. The molecule has 0 amide bonds. The molecule has 5 aromatic rings. The highest BCUT2D eigenvalue weighted by Gasteiger charge is 2.29. The van der Waals surface area contributed by atoms with Crippen molar-refractivity contribution in [1.82, 2.24) is 0 Å². The van der Waals surface area contributed by atoms with Crippen molar-refractivity contribution in [2.75, 3.05) is 0 Å². The van der Waals surface area contributed by atoms with Crippen molar-refractivity contribution in [3.8, 4) is 33.4 Å². The van der Waals surface area contributed by atoms with Crippen LogP contribution < -0.4 is 10.7 Å². The first kappa shape index (κ1) is 19.2. The van der Waals surface area contributed by atoms with Gasteiger partial charge in [-0.2, -0.15) is 0 Å². The molecule has 0 saturated heterocycles. The fourth-order valence-corrected chi connectivity index (χ4v) is 5.52. The van der Waals surface area contributed by atoms with Crippen LogP contribution in [0.4, 0.5) is 11.4 Å². The third-order valence-corrected chi connectivity index (χ3v) is 7.22. The van der Waals surface area contributed by atoms with E-state index in [-0.39, 0.29) is 0 Å². The Hall–Kier alpha value is -4.30. The first-order valence-electron chi connectivity index (χ1n) is 11.7. The molecule has 2 nitrogen and oxygen atoms in total. The summed E-state index contributed by atoms with van der Waals surface area (Å²) in [7, 11) is 0. The Labute approximate surface area is 197 Å². The monoisotopic (exact) mass is 434 g/mol. The maximum absolute atomic E-state index is 5.18. The van der Waals surface area contributed by atoms with E-state index in [1.807, 2.05) is 0 Å². The van der Waals surface area contributed by atoms with Crippen LogP contribution >= 0.6 is 0 Å². The molecule has 0 radical (unpaired) electrons. The topological polar surface area (TPSA) is 24.7 Å². The first-order valence-corrected chi connectivity index (χ1v) is 11.7. The van der Waals surface area contributed by atoms with Crippen LogP contribution in [0, 0.1) is 24.3 Å². The molecule has 160 valence electrons. The standard InChI is InChI=1S/C32H22N2/c1-19-20(2)31-30(28(22-13-7-4-8-14-22)27(19)21-11-5-3-6-12-21)29-26(34-31)18-17-24-23-15-9-10-16-25(23)33-32(24)29/h3-18H,1-2H3. The molecular weight excluding hydrogens is 412 g/mol. The third kappa shape index (κ3) is 2.57. The summed E-state index contributed by atoms with van der Waals surface area (Å²) in [5, 5.41) is 4.43. The third-order valence-electron chi connectivity index (χ3n) is 7.22. The van der Waals surface area contributed by atoms with Gasteiger partial charge in [-0.1, -0.05) is 78.9 Å². The average molecular weight is 435 g/mol. The molecular formula is C32H22N2. The molecule has 7 rings (SSSR count). The van der Waals surface area contributed by atoms with Gasteiger partial charge >= 0.3 is 0 Å². The van der Waals surface area contributed by atoms with Crippen molar-refractivity contribution in [3.63, 3.8) is 0 Å². The SMILES string of the molecule is Cc1c(C)c(-c2ccccc2)c(-c2ccccc2)c2c1N=c1ccc3c(c1-2)N=c1ccccc1=3. The lowest BCUT2D eigenvalue weighted by Gasteiger charge is -2.21. The molecule has 0 saturated carbocycles. The van der Waals surface area contributed by atoms with Crippen LogP contribution in [0.2, 0.25) is 0 Å². The van der Waals surface area contributed by atoms with E-state index in [1.54, 1.807) is 0 Å². The van der Waals surface area contributed by atoms with E-state index >= 15 is 0 Å². The molecule has 5 aromatic carbocycles. The number of benzene rings is 5. The summed E-state index contributed by atoms with van der Waals surface area (Å²) >= 11 is 0. The molecule has 2 aliphatic heterocycles. The van der Waals surface area contributed by atoms with Crippen LogP contribution in [0.3, 0.4) is 0 Å². The maximum atomic E-state index is 5.18. The van der Waals surface area contributed by atoms with Crippen LogP contribution in [0.15, 0.2) is 107 Å². The molecule has 0 fully saturated rings. The molecule has 2 aliphatic rings. The number of para-hydroxylation sites is 1. The van der Waals surface area contributed by atoms with Gasteiger partial charge in [0.05, 0.1) is 22.1 Å². The molecule has 34 heavy (non-hydrogen) atoms. The summed E-state index contributed by atoms with van der Waals surface area (Å²) in [5.74, 6) is 0. The number of hydrogen-bond donors (Lipinski definition) is 0. The maximum Gasteiger partial charge on any atom is 0.0817 e. The number of rotatable bonds is 2. The predicted molar refractivity (Wildman–Crippen MR) is 138 cm³/mol. The minimum Gasteiger partial charge on any atom is -0.247 e. The molecule has 0 aromatic heterocycles. The number of hydrogen-bond acceptors (Lipinski definition) is 2. The first-order chi connectivity index (χ1) is 16.7. The van der Waals surface area contributed by atoms with Crippen molar-refractivity contribution < 1.29 is 0 Å². The lowest BCUT2D eigenvalue weighted by atomic mass is 9.82. The average Bonchev–Trinajstić information content (AvgIpc) is 3.46. The van der Waals surface area contributed by atoms with Gasteiger partial charge in [-0.15, -0.1) is 0 Å².